The number of rotatable bonds is 5. The maximum Gasteiger partial charge on any atom is 0.256 e. The van der Waals surface area contributed by atoms with Crippen LogP contribution in [0.3, 0.4) is 0 Å². The first kappa shape index (κ1) is 12.5. The van der Waals surface area contributed by atoms with Crippen LogP contribution in [0.4, 0.5) is 0 Å². The van der Waals surface area contributed by atoms with E-state index < -0.39 is 0 Å². The summed E-state index contributed by atoms with van der Waals surface area (Å²) in [6.07, 6.45) is 2.51. The van der Waals surface area contributed by atoms with Crippen LogP contribution in [0.5, 0.6) is 5.88 Å². The minimum Gasteiger partial charge on any atom is -0.477 e. The Morgan fingerprint density at radius 2 is 2.31 bits per heavy atom. The lowest BCUT2D eigenvalue weighted by Gasteiger charge is -2.13. The second-order valence-corrected chi connectivity index (χ2v) is 3.57. The van der Waals surface area contributed by atoms with Crippen LogP contribution in [0.2, 0.25) is 0 Å². The fourth-order valence-electron chi connectivity index (χ4n) is 1.22. The number of nitrogens with one attached hydrogen (secondary N) is 1. The molecule has 0 saturated heterocycles. The second kappa shape index (κ2) is 6.10. The molecule has 0 aliphatic carbocycles. The number of hydrogen-bond acceptors (Lipinski definition) is 3. The number of aromatic nitrogens is 1. The van der Waals surface area contributed by atoms with E-state index in [9.17, 15) is 4.79 Å². The third-order valence-electron chi connectivity index (χ3n) is 2.29. The van der Waals surface area contributed by atoms with E-state index in [0.29, 0.717) is 18.1 Å². The lowest BCUT2D eigenvalue weighted by molar-refractivity contribution is 0.0934. The Balaban J connectivity index is 2.81. The Kier molecular flexibility index (Phi) is 4.76. The Bertz CT molecular complexity index is 353. The molecule has 1 rings (SSSR count). The molecule has 1 unspecified atom stereocenters. The molecule has 4 nitrogen and oxygen atoms in total. The van der Waals surface area contributed by atoms with Gasteiger partial charge in [-0.2, -0.15) is 0 Å². The van der Waals surface area contributed by atoms with Crippen molar-refractivity contribution < 1.29 is 9.53 Å². The Morgan fingerprint density at radius 3 is 2.94 bits per heavy atom. The number of pyridine rings is 1. The average molecular weight is 222 g/mol. The van der Waals surface area contributed by atoms with Gasteiger partial charge in [0.15, 0.2) is 0 Å². The molecular weight excluding hydrogens is 204 g/mol. The number of ether oxygens (including phenoxy) is 1. The highest BCUT2D eigenvalue weighted by Crippen LogP contribution is 2.14. The van der Waals surface area contributed by atoms with Gasteiger partial charge in [-0.1, -0.05) is 6.92 Å². The van der Waals surface area contributed by atoms with Crippen molar-refractivity contribution in [1.82, 2.24) is 10.3 Å². The van der Waals surface area contributed by atoms with Gasteiger partial charge < -0.3 is 10.1 Å². The third kappa shape index (κ3) is 3.22. The van der Waals surface area contributed by atoms with Gasteiger partial charge in [0.05, 0.1) is 6.61 Å². The number of nitrogens with zero attached hydrogens (tertiary/aromatic N) is 1. The van der Waals surface area contributed by atoms with Gasteiger partial charge in [-0.3, -0.25) is 4.79 Å². The van der Waals surface area contributed by atoms with Gasteiger partial charge in [-0.25, -0.2) is 4.98 Å². The lowest BCUT2D eigenvalue weighted by Crippen LogP contribution is -2.32. The van der Waals surface area contributed by atoms with Crippen molar-refractivity contribution in [2.24, 2.45) is 0 Å². The fraction of sp³-hybridized carbons (Fsp3) is 0.500. The highest BCUT2D eigenvalue weighted by molar-refractivity contribution is 5.96. The molecule has 1 atom stereocenters. The summed E-state index contributed by atoms with van der Waals surface area (Å²) < 4.78 is 5.30. The van der Waals surface area contributed by atoms with Crippen LogP contribution in [-0.4, -0.2) is 23.5 Å². The first-order valence-electron chi connectivity index (χ1n) is 5.57. The summed E-state index contributed by atoms with van der Waals surface area (Å²) in [5.74, 6) is 0.261. The first-order chi connectivity index (χ1) is 7.69. The fourth-order valence-corrected chi connectivity index (χ4v) is 1.22. The zero-order chi connectivity index (χ0) is 12.0. The number of carbonyl (C=O) groups is 1. The standard InChI is InChI=1S/C12H18N2O2/c1-4-9(3)14-11(15)10-7-6-8-13-12(10)16-5-2/h6-9H,4-5H2,1-3H3,(H,14,15). The van der Waals surface area contributed by atoms with Gasteiger partial charge in [-0.15, -0.1) is 0 Å². The Labute approximate surface area is 96.0 Å². The normalized spacial score (nSPS) is 11.9. The molecule has 1 aromatic rings. The summed E-state index contributed by atoms with van der Waals surface area (Å²) in [7, 11) is 0. The van der Waals surface area contributed by atoms with E-state index >= 15 is 0 Å². The van der Waals surface area contributed by atoms with E-state index in [1.165, 1.54) is 0 Å². The molecule has 16 heavy (non-hydrogen) atoms. The molecule has 0 radical (unpaired) electrons. The van der Waals surface area contributed by atoms with Crippen LogP contribution >= 0.6 is 0 Å². The van der Waals surface area contributed by atoms with Gasteiger partial charge in [0.2, 0.25) is 5.88 Å². The summed E-state index contributed by atoms with van der Waals surface area (Å²) in [5.41, 5.74) is 0.490. The predicted octanol–water partition coefficient (Wildman–Crippen LogP) is 2.01. The van der Waals surface area contributed by atoms with Crippen molar-refractivity contribution in [3.8, 4) is 5.88 Å². The lowest BCUT2D eigenvalue weighted by atomic mass is 10.2. The molecule has 1 amide bonds. The minimum absolute atomic E-state index is 0.133. The first-order valence-corrected chi connectivity index (χ1v) is 5.57. The highest BCUT2D eigenvalue weighted by atomic mass is 16.5. The highest BCUT2D eigenvalue weighted by Gasteiger charge is 2.14. The molecule has 88 valence electrons. The van der Waals surface area contributed by atoms with Crippen LogP contribution < -0.4 is 10.1 Å². The SMILES string of the molecule is CCOc1ncccc1C(=O)NC(C)CC. The van der Waals surface area contributed by atoms with Gasteiger partial charge >= 0.3 is 0 Å². The number of amides is 1. The summed E-state index contributed by atoms with van der Waals surface area (Å²) in [5, 5.41) is 2.89. The maximum absolute atomic E-state index is 11.9. The number of carbonyl (C=O) groups excluding carboxylic acids is 1. The van der Waals surface area contributed by atoms with Crippen molar-refractivity contribution in [2.45, 2.75) is 33.2 Å². The van der Waals surface area contributed by atoms with Gasteiger partial charge in [-0.05, 0) is 32.4 Å². The average Bonchev–Trinajstić information content (AvgIpc) is 2.30. The number of hydrogen-bond donors (Lipinski definition) is 1. The van der Waals surface area contributed by atoms with Crippen molar-refractivity contribution in [2.75, 3.05) is 6.61 Å². The summed E-state index contributed by atoms with van der Waals surface area (Å²) in [6, 6.07) is 3.60. The molecule has 0 bridgehead atoms. The van der Waals surface area contributed by atoms with Crippen LogP contribution in [0, 0.1) is 0 Å². The van der Waals surface area contributed by atoms with Crippen molar-refractivity contribution in [3.63, 3.8) is 0 Å². The molecule has 0 aromatic carbocycles. The van der Waals surface area contributed by atoms with Crippen LogP contribution in [-0.2, 0) is 0 Å². The molecule has 1 aromatic heterocycles. The van der Waals surface area contributed by atoms with E-state index in [2.05, 4.69) is 10.3 Å². The zero-order valence-corrected chi connectivity index (χ0v) is 9.99. The van der Waals surface area contributed by atoms with Crippen LogP contribution in [0.15, 0.2) is 18.3 Å². The van der Waals surface area contributed by atoms with E-state index in [-0.39, 0.29) is 11.9 Å². The van der Waals surface area contributed by atoms with Gasteiger partial charge in [0.25, 0.3) is 5.91 Å². The van der Waals surface area contributed by atoms with Gasteiger partial charge in [0.1, 0.15) is 5.56 Å². The molecule has 0 spiro atoms. The van der Waals surface area contributed by atoms with Gasteiger partial charge in [0, 0.05) is 12.2 Å². The van der Waals surface area contributed by atoms with E-state index in [1.54, 1.807) is 18.3 Å². The van der Waals surface area contributed by atoms with Crippen molar-refractivity contribution in [1.29, 1.82) is 0 Å². The monoisotopic (exact) mass is 222 g/mol. The smallest absolute Gasteiger partial charge is 0.256 e. The molecule has 0 saturated carbocycles. The summed E-state index contributed by atoms with van der Waals surface area (Å²) in [4.78, 5) is 15.9. The summed E-state index contributed by atoms with van der Waals surface area (Å²) in [6.45, 7) is 6.36. The Morgan fingerprint density at radius 1 is 1.56 bits per heavy atom. The molecule has 0 fully saturated rings. The topological polar surface area (TPSA) is 51.2 Å². The molecule has 0 aliphatic heterocycles. The van der Waals surface area contributed by atoms with E-state index in [0.717, 1.165) is 6.42 Å². The van der Waals surface area contributed by atoms with E-state index in [1.807, 2.05) is 20.8 Å². The quantitative estimate of drug-likeness (QED) is 0.829. The third-order valence-corrected chi connectivity index (χ3v) is 2.29. The largest absolute Gasteiger partial charge is 0.477 e. The van der Waals surface area contributed by atoms with Crippen LogP contribution in [0.1, 0.15) is 37.6 Å². The molecule has 1 heterocycles. The zero-order valence-electron chi connectivity index (χ0n) is 9.99. The van der Waals surface area contributed by atoms with Crippen molar-refractivity contribution >= 4 is 5.91 Å². The van der Waals surface area contributed by atoms with Crippen molar-refractivity contribution in [3.05, 3.63) is 23.9 Å². The molecule has 0 aliphatic rings. The van der Waals surface area contributed by atoms with E-state index in [4.69, 9.17) is 4.74 Å². The molecule has 1 N–H and O–H groups in total. The molecule has 4 heteroatoms. The predicted molar refractivity (Wildman–Crippen MR) is 62.6 cm³/mol. The molecular formula is C12H18N2O2. The second-order valence-electron chi connectivity index (χ2n) is 3.57. The maximum atomic E-state index is 11.9. The summed E-state index contributed by atoms with van der Waals surface area (Å²) >= 11 is 0. The minimum atomic E-state index is -0.133. The van der Waals surface area contributed by atoms with Crippen LogP contribution in [0.25, 0.3) is 0 Å². The Hall–Kier alpha value is -1.58.